The molecule has 1 aliphatic rings. The Hall–Kier alpha value is -3.50. The Morgan fingerprint density at radius 2 is 1.87 bits per heavy atom. The number of halogens is 2. The van der Waals surface area contributed by atoms with E-state index < -0.39 is 0 Å². The fourth-order valence-electron chi connectivity index (χ4n) is 5.09. The number of nitrogens with one attached hydrogen (secondary N) is 2. The van der Waals surface area contributed by atoms with E-state index in [4.69, 9.17) is 10.7 Å². The molecule has 1 fully saturated rings. The van der Waals surface area contributed by atoms with E-state index in [1.165, 1.54) is 7.05 Å². The fraction of sp³-hybridized carbons (Fsp3) is 0.429. The molecule has 0 radical (unpaired) electrons. The Balaban J connectivity index is 0.00000420. The summed E-state index contributed by atoms with van der Waals surface area (Å²) in [5, 5.41) is 5.92. The number of pyridine rings is 2. The van der Waals surface area contributed by atoms with Crippen molar-refractivity contribution >= 4 is 41.1 Å². The Labute approximate surface area is 233 Å². The van der Waals surface area contributed by atoms with Gasteiger partial charge in [0.1, 0.15) is 18.1 Å². The summed E-state index contributed by atoms with van der Waals surface area (Å²) >= 11 is 0. The third-order valence-corrected chi connectivity index (χ3v) is 7.20. The molecule has 39 heavy (non-hydrogen) atoms. The lowest BCUT2D eigenvalue weighted by molar-refractivity contribution is -0.121. The normalized spacial score (nSPS) is 15.2. The van der Waals surface area contributed by atoms with Crippen molar-refractivity contribution in [2.24, 2.45) is 0 Å². The first-order valence-corrected chi connectivity index (χ1v) is 13.0. The first-order valence-electron chi connectivity index (χ1n) is 13.0. The summed E-state index contributed by atoms with van der Waals surface area (Å²) in [6.07, 6.45) is 2.16. The van der Waals surface area contributed by atoms with E-state index >= 15 is 0 Å². The van der Waals surface area contributed by atoms with Crippen molar-refractivity contribution in [1.82, 2.24) is 25.1 Å². The number of carbonyl (C=O) groups excluding carboxylic acids is 2. The monoisotopic (exact) mass is 558 g/mol. The first-order chi connectivity index (χ1) is 18.4. The van der Waals surface area contributed by atoms with Crippen LogP contribution in [0.15, 0.2) is 41.2 Å². The second kappa shape index (κ2) is 13.5. The summed E-state index contributed by atoms with van der Waals surface area (Å²) in [5.74, 6) is -0.111. The summed E-state index contributed by atoms with van der Waals surface area (Å²) in [7, 11) is 1.52. The van der Waals surface area contributed by atoms with Gasteiger partial charge in [-0.05, 0) is 44.0 Å². The van der Waals surface area contributed by atoms with Gasteiger partial charge in [0, 0.05) is 43.9 Å². The van der Waals surface area contributed by atoms with E-state index in [1.54, 1.807) is 16.7 Å². The van der Waals surface area contributed by atoms with Crippen LogP contribution in [-0.2, 0) is 29.0 Å². The van der Waals surface area contributed by atoms with Gasteiger partial charge in [0.05, 0.1) is 23.9 Å². The third kappa shape index (κ3) is 6.75. The average molecular weight is 559 g/mol. The molecule has 0 unspecified atom stereocenters. The van der Waals surface area contributed by atoms with Crippen LogP contribution in [0.25, 0.3) is 22.3 Å². The van der Waals surface area contributed by atoms with Crippen LogP contribution >= 0.6 is 12.4 Å². The predicted octanol–water partition coefficient (Wildman–Crippen LogP) is 2.47. The molecule has 2 aromatic heterocycles. The summed E-state index contributed by atoms with van der Waals surface area (Å²) in [6, 6.07) is 11.3. The molecule has 4 N–H and O–H groups in total. The molecule has 1 aromatic carbocycles. The van der Waals surface area contributed by atoms with Crippen LogP contribution in [0.4, 0.5) is 10.2 Å². The van der Waals surface area contributed by atoms with Gasteiger partial charge in [0.25, 0.3) is 0 Å². The highest BCUT2D eigenvalue weighted by Gasteiger charge is 2.24. The number of hydrogen-bond acceptors (Lipinski definition) is 6. The average Bonchev–Trinajstić information content (AvgIpc) is 3.37. The van der Waals surface area contributed by atoms with Gasteiger partial charge >= 0.3 is 0 Å². The van der Waals surface area contributed by atoms with Gasteiger partial charge < -0.3 is 20.9 Å². The van der Waals surface area contributed by atoms with E-state index in [1.807, 2.05) is 31.2 Å². The molecule has 0 bridgehead atoms. The number of anilines is 1. The molecular formula is C28H36ClFN6O3. The first kappa shape index (κ1) is 30.0. The lowest BCUT2D eigenvalue weighted by atomic mass is 10.0. The zero-order valence-electron chi connectivity index (χ0n) is 22.3. The summed E-state index contributed by atoms with van der Waals surface area (Å²) in [4.78, 5) is 44.3. The van der Waals surface area contributed by atoms with Crippen LogP contribution in [0.5, 0.6) is 0 Å². The van der Waals surface area contributed by atoms with Gasteiger partial charge in [-0.15, -0.1) is 12.4 Å². The lowest BCUT2D eigenvalue weighted by Crippen LogP contribution is -2.41. The molecule has 9 nitrogen and oxygen atoms in total. The highest BCUT2D eigenvalue weighted by Crippen LogP contribution is 2.23. The molecule has 1 aliphatic heterocycles. The van der Waals surface area contributed by atoms with Crippen LogP contribution in [-0.4, -0.2) is 65.7 Å². The SMILES string of the molecule is CCn1c(N)c(CC(=O)NC)c(=O)c2ccc(-c3ccc(CC(=O)NC[C@H]4CCCN4CCF)cc3)nc21.Cl. The van der Waals surface area contributed by atoms with Gasteiger partial charge in [-0.3, -0.25) is 19.3 Å². The number of nitrogens with zero attached hydrogens (tertiary/aromatic N) is 3. The topological polar surface area (TPSA) is 122 Å². The number of aromatic nitrogens is 2. The minimum atomic E-state index is -0.370. The molecule has 3 heterocycles. The second-order valence-corrected chi connectivity index (χ2v) is 9.55. The van der Waals surface area contributed by atoms with Crippen molar-refractivity contribution in [1.29, 1.82) is 0 Å². The molecule has 0 aliphatic carbocycles. The third-order valence-electron chi connectivity index (χ3n) is 7.20. The Morgan fingerprint density at radius 3 is 2.54 bits per heavy atom. The second-order valence-electron chi connectivity index (χ2n) is 9.55. The number of alkyl halides is 1. The highest BCUT2D eigenvalue weighted by molar-refractivity contribution is 5.86. The van der Waals surface area contributed by atoms with Crippen LogP contribution in [0.1, 0.15) is 30.9 Å². The summed E-state index contributed by atoms with van der Waals surface area (Å²) < 4.78 is 14.5. The summed E-state index contributed by atoms with van der Waals surface area (Å²) in [6.45, 7) is 3.86. The van der Waals surface area contributed by atoms with Gasteiger partial charge in [-0.1, -0.05) is 24.3 Å². The lowest BCUT2D eigenvalue weighted by Gasteiger charge is -2.23. The minimum Gasteiger partial charge on any atom is -0.385 e. The number of nitrogen functional groups attached to an aromatic ring is 1. The van der Waals surface area contributed by atoms with E-state index in [-0.39, 0.29) is 66.6 Å². The van der Waals surface area contributed by atoms with Crippen LogP contribution in [0.3, 0.4) is 0 Å². The molecule has 1 atom stereocenters. The van der Waals surface area contributed by atoms with Crippen LogP contribution < -0.4 is 21.8 Å². The smallest absolute Gasteiger partial charge is 0.224 e. The maximum atomic E-state index is 13.1. The van der Waals surface area contributed by atoms with Crippen molar-refractivity contribution in [2.75, 3.05) is 39.1 Å². The zero-order valence-corrected chi connectivity index (χ0v) is 23.2. The molecule has 210 valence electrons. The van der Waals surface area contributed by atoms with Gasteiger partial charge in [0.2, 0.25) is 11.8 Å². The van der Waals surface area contributed by atoms with Crippen molar-refractivity contribution < 1.29 is 14.0 Å². The predicted molar refractivity (Wildman–Crippen MR) is 154 cm³/mol. The zero-order chi connectivity index (χ0) is 27.2. The van der Waals surface area contributed by atoms with Crippen LogP contribution in [0.2, 0.25) is 0 Å². The Kier molecular flexibility index (Phi) is 10.4. The number of aryl methyl sites for hydroxylation is 1. The van der Waals surface area contributed by atoms with E-state index in [2.05, 4.69) is 15.5 Å². The number of likely N-dealkylation sites (tertiary alicyclic amines) is 1. The van der Waals surface area contributed by atoms with Crippen molar-refractivity contribution in [3.63, 3.8) is 0 Å². The number of rotatable bonds is 10. The Bertz CT molecular complexity index is 1380. The molecule has 0 spiro atoms. The van der Waals surface area contributed by atoms with Crippen molar-refractivity contribution in [3.05, 3.63) is 57.7 Å². The van der Waals surface area contributed by atoms with Crippen molar-refractivity contribution in [2.45, 2.75) is 45.2 Å². The number of hydrogen-bond donors (Lipinski definition) is 3. The molecule has 0 saturated carbocycles. The quantitative estimate of drug-likeness (QED) is 0.351. The number of fused-ring (bicyclic) bond motifs is 1. The molecular weight excluding hydrogens is 523 g/mol. The van der Waals surface area contributed by atoms with Gasteiger partial charge in [-0.25, -0.2) is 9.37 Å². The fourth-order valence-corrected chi connectivity index (χ4v) is 5.09. The van der Waals surface area contributed by atoms with E-state index in [9.17, 15) is 18.8 Å². The number of benzene rings is 1. The van der Waals surface area contributed by atoms with Gasteiger partial charge in [-0.2, -0.15) is 0 Å². The van der Waals surface area contributed by atoms with Crippen LogP contribution in [0, 0.1) is 0 Å². The standard InChI is InChI=1S/C28H35FN6O3.ClH/c1-3-35-27(30)22(16-24(36)31-2)26(38)21-10-11-23(33-28(21)35)19-8-6-18(7-9-19)15-25(37)32-17-20-5-4-13-34(20)14-12-29;/h6-11,20H,3-5,12-17,30H2,1-2H3,(H,31,36)(H,32,37);1H/t20-;/m1./s1. The van der Waals surface area contributed by atoms with E-state index in [0.717, 1.165) is 30.5 Å². The van der Waals surface area contributed by atoms with Crippen molar-refractivity contribution in [3.8, 4) is 11.3 Å². The summed E-state index contributed by atoms with van der Waals surface area (Å²) in [5.41, 5.74) is 9.10. The van der Waals surface area contributed by atoms with E-state index in [0.29, 0.717) is 36.4 Å². The Morgan fingerprint density at radius 1 is 1.13 bits per heavy atom. The number of carbonyl (C=O) groups is 2. The van der Waals surface area contributed by atoms with Gasteiger partial charge in [0.15, 0.2) is 5.43 Å². The minimum absolute atomic E-state index is 0. The largest absolute Gasteiger partial charge is 0.385 e. The highest BCUT2D eigenvalue weighted by atomic mass is 35.5. The molecule has 4 rings (SSSR count). The molecule has 1 saturated heterocycles. The maximum absolute atomic E-state index is 13.1. The number of amides is 2. The maximum Gasteiger partial charge on any atom is 0.224 e. The number of nitrogens with two attached hydrogens (primary N) is 1. The molecule has 11 heteroatoms. The molecule has 3 aromatic rings. The molecule has 2 amide bonds. The number of likely N-dealkylation sites (N-methyl/N-ethyl adjacent to an activating group) is 1.